The Morgan fingerprint density at radius 3 is 2.13 bits per heavy atom. The first kappa shape index (κ1) is 16.3. The van der Waals surface area contributed by atoms with Crippen LogP contribution >= 0.6 is 46.4 Å². The van der Waals surface area contributed by atoms with Crippen molar-refractivity contribution >= 4 is 58.0 Å². The van der Waals surface area contributed by atoms with Crippen LogP contribution < -0.4 is 5.32 Å². The fourth-order valence-electron chi connectivity index (χ4n) is 5.32. The molecule has 124 valence electrons. The molecule has 4 aliphatic carbocycles. The van der Waals surface area contributed by atoms with Gasteiger partial charge in [0.2, 0.25) is 5.91 Å². The van der Waals surface area contributed by atoms with Gasteiger partial charge in [0.05, 0.1) is 21.1 Å². The van der Waals surface area contributed by atoms with E-state index in [2.05, 4.69) is 5.32 Å². The maximum Gasteiger partial charge on any atom is 0.230 e. The van der Waals surface area contributed by atoms with Crippen LogP contribution in [0.5, 0.6) is 0 Å². The van der Waals surface area contributed by atoms with Gasteiger partial charge in [-0.3, -0.25) is 4.79 Å². The van der Waals surface area contributed by atoms with Gasteiger partial charge in [-0.1, -0.05) is 34.8 Å². The summed E-state index contributed by atoms with van der Waals surface area (Å²) in [7, 11) is 0. The molecule has 1 N–H and O–H groups in total. The number of hydrogen-bond acceptors (Lipinski definition) is 1. The molecule has 0 heterocycles. The zero-order valence-corrected chi connectivity index (χ0v) is 15.5. The quantitative estimate of drug-likeness (QED) is 0.599. The number of hydrogen-bond donors (Lipinski definition) is 1. The van der Waals surface area contributed by atoms with E-state index < -0.39 is 0 Å². The molecule has 23 heavy (non-hydrogen) atoms. The highest BCUT2D eigenvalue weighted by Gasteiger charge is 2.60. The molecule has 0 radical (unpaired) electrons. The number of anilines is 1. The molecular weight excluding hydrogens is 376 g/mol. The van der Waals surface area contributed by atoms with Crippen molar-refractivity contribution in [2.45, 2.75) is 43.4 Å². The minimum Gasteiger partial charge on any atom is -0.323 e. The summed E-state index contributed by atoms with van der Waals surface area (Å²) in [5, 5.41) is 4.14. The molecule has 4 aliphatic rings. The van der Waals surface area contributed by atoms with Crippen LogP contribution in [0.4, 0.5) is 5.69 Å². The van der Waals surface area contributed by atoms with Gasteiger partial charge in [-0.2, -0.15) is 0 Å². The van der Waals surface area contributed by atoms with Crippen molar-refractivity contribution in [1.29, 1.82) is 0 Å². The van der Waals surface area contributed by atoms with E-state index in [9.17, 15) is 4.79 Å². The number of benzene rings is 1. The standard InChI is InChI=1S/C17H17Cl4NO/c18-11-2-12(19)14(13(20)3-11)22-15(23)16-4-9-1-10(5-16)7-17(21,6-9)8-16/h2-3,9-10H,1,4-8H2,(H,22,23)/t9-,10-,16?,17?/m1/s1. The average Bonchev–Trinajstić information content (AvgIpc) is 2.39. The van der Waals surface area contributed by atoms with Crippen molar-refractivity contribution in [3.8, 4) is 0 Å². The van der Waals surface area contributed by atoms with Crippen LogP contribution in [0.15, 0.2) is 12.1 Å². The SMILES string of the molecule is O=C(Nc1c(Cl)cc(Cl)cc1Cl)C12C[C@H]3C[C@@H](CC(Cl)(C3)C1)C2. The van der Waals surface area contributed by atoms with Gasteiger partial charge >= 0.3 is 0 Å². The first-order valence-electron chi connectivity index (χ1n) is 7.94. The molecule has 2 nitrogen and oxygen atoms in total. The highest BCUT2D eigenvalue weighted by atomic mass is 35.5. The molecule has 4 saturated carbocycles. The number of halogens is 4. The van der Waals surface area contributed by atoms with Gasteiger partial charge in [-0.15, -0.1) is 11.6 Å². The molecule has 0 aliphatic heterocycles. The Bertz CT molecular complexity index is 652. The lowest BCUT2D eigenvalue weighted by atomic mass is 9.49. The number of nitrogens with one attached hydrogen (secondary N) is 1. The molecule has 6 heteroatoms. The Morgan fingerprint density at radius 1 is 1.04 bits per heavy atom. The van der Waals surface area contributed by atoms with E-state index in [1.807, 2.05) is 0 Å². The second kappa shape index (κ2) is 5.42. The van der Waals surface area contributed by atoms with Crippen LogP contribution in [0.3, 0.4) is 0 Å². The molecule has 1 aromatic carbocycles. The van der Waals surface area contributed by atoms with Crippen molar-refractivity contribution < 1.29 is 4.79 Å². The first-order valence-corrected chi connectivity index (χ1v) is 9.45. The van der Waals surface area contributed by atoms with Crippen LogP contribution in [-0.2, 0) is 4.79 Å². The third-order valence-corrected chi connectivity index (χ3v) is 6.97. The van der Waals surface area contributed by atoms with Gasteiger partial charge < -0.3 is 5.32 Å². The third kappa shape index (κ3) is 2.76. The van der Waals surface area contributed by atoms with Gasteiger partial charge in [-0.25, -0.2) is 0 Å². The number of amides is 1. The zero-order valence-electron chi connectivity index (χ0n) is 12.5. The fourth-order valence-corrected chi connectivity index (χ4v) is 6.93. The summed E-state index contributed by atoms with van der Waals surface area (Å²) >= 11 is 25.1. The number of alkyl halides is 1. The van der Waals surface area contributed by atoms with Crippen LogP contribution in [0.25, 0.3) is 0 Å². The molecular formula is C17H17Cl4NO. The van der Waals surface area contributed by atoms with Crippen LogP contribution in [0, 0.1) is 17.3 Å². The highest BCUT2D eigenvalue weighted by molar-refractivity contribution is 6.42. The van der Waals surface area contributed by atoms with Gasteiger partial charge in [-0.05, 0) is 62.5 Å². The van der Waals surface area contributed by atoms with Crippen molar-refractivity contribution in [3.05, 3.63) is 27.2 Å². The topological polar surface area (TPSA) is 29.1 Å². The van der Waals surface area contributed by atoms with Crippen LogP contribution in [-0.4, -0.2) is 10.8 Å². The van der Waals surface area contributed by atoms with Gasteiger partial charge in [0, 0.05) is 9.90 Å². The van der Waals surface area contributed by atoms with E-state index in [4.69, 9.17) is 46.4 Å². The Kier molecular flexibility index (Phi) is 3.85. The normalized spacial score (nSPS) is 37.9. The summed E-state index contributed by atoms with van der Waals surface area (Å²) < 4.78 is 0. The Hall–Kier alpha value is -0.150. The van der Waals surface area contributed by atoms with Crippen molar-refractivity contribution in [3.63, 3.8) is 0 Å². The van der Waals surface area contributed by atoms with E-state index in [0.717, 1.165) is 32.1 Å². The minimum atomic E-state index is -0.377. The molecule has 4 bridgehead atoms. The average molecular weight is 393 g/mol. The molecule has 0 aromatic heterocycles. The lowest BCUT2D eigenvalue weighted by Gasteiger charge is -2.59. The van der Waals surface area contributed by atoms with Gasteiger partial charge in [0.15, 0.2) is 0 Å². The molecule has 4 fully saturated rings. The Labute approximate surface area is 155 Å². The maximum atomic E-state index is 13.1. The number of carbonyl (C=O) groups is 1. The molecule has 1 aromatic rings. The Balaban J connectivity index is 1.63. The summed E-state index contributed by atoms with van der Waals surface area (Å²) in [5.74, 6) is 1.13. The van der Waals surface area contributed by atoms with Crippen molar-refractivity contribution in [1.82, 2.24) is 0 Å². The predicted octanol–water partition coefficient (Wildman–Crippen LogP) is 6.16. The summed E-state index contributed by atoms with van der Waals surface area (Å²) in [5.41, 5.74) is 0.0695. The molecule has 1 amide bonds. The van der Waals surface area contributed by atoms with Gasteiger partial charge in [0.25, 0.3) is 0 Å². The summed E-state index contributed by atoms with van der Waals surface area (Å²) in [6.45, 7) is 0. The van der Waals surface area contributed by atoms with E-state index in [0.29, 0.717) is 32.6 Å². The molecule has 0 unspecified atom stereocenters. The Morgan fingerprint density at radius 2 is 1.61 bits per heavy atom. The molecule has 0 spiro atoms. The fraction of sp³-hybridized carbons (Fsp3) is 0.588. The van der Waals surface area contributed by atoms with Crippen molar-refractivity contribution in [2.75, 3.05) is 5.32 Å². The first-order chi connectivity index (χ1) is 10.8. The van der Waals surface area contributed by atoms with E-state index in [1.54, 1.807) is 12.1 Å². The number of carbonyl (C=O) groups excluding carboxylic acids is 1. The summed E-state index contributed by atoms with van der Waals surface area (Å²) in [6.07, 6.45) is 5.90. The lowest BCUT2D eigenvalue weighted by Crippen LogP contribution is -2.57. The second-order valence-corrected chi connectivity index (χ2v) is 9.64. The highest BCUT2D eigenvalue weighted by Crippen LogP contribution is 2.64. The summed E-state index contributed by atoms with van der Waals surface area (Å²) in [6, 6.07) is 3.18. The zero-order chi connectivity index (χ0) is 16.4. The summed E-state index contributed by atoms with van der Waals surface area (Å²) in [4.78, 5) is 12.9. The van der Waals surface area contributed by atoms with E-state index >= 15 is 0 Å². The van der Waals surface area contributed by atoms with E-state index in [-0.39, 0.29) is 16.2 Å². The van der Waals surface area contributed by atoms with Gasteiger partial charge in [0.1, 0.15) is 0 Å². The smallest absolute Gasteiger partial charge is 0.230 e. The maximum absolute atomic E-state index is 13.1. The second-order valence-electron chi connectivity index (χ2n) is 7.59. The molecule has 2 atom stereocenters. The predicted molar refractivity (Wildman–Crippen MR) is 95.8 cm³/mol. The molecule has 0 saturated heterocycles. The number of rotatable bonds is 2. The monoisotopic (exact) mass is 391 g/mol. The molecule has 5 rings (SSSR count). The van der Waals surface area contributed by atoms with Crippen molar-refractivity contribution in [2.24, 2.45) is 17.3 Å². The van der Waals surface area contributed by atoms with Crippen LogP contribution in [0.2, 0.25) is 15.1 Å². The lowest BCUT2D eigenvalue weighted by molar-refractivity contribution is -0.138. The largest absolute Gasteiger partial charge is 0.323 e. The van der Waals surface area contributed by atoms with Crippen LogP contribution in [0.1, 0.15) is 38.5 Å². The van der Waals surface area contributed by atoms with E-state index in [1.165, 1.54) is 6.42 Å². The minimum absolute atomic E-state index is 0.00254. The third-order valence-electron chi connectivity index (χ3n) is 5.72.